The molecular weight excluding hydrogens is 228 g/mol. The van der Waals surface area contributed by atoms with Crippen LogP contribution < -0.4 is 10.5 Å². The minimum Gasteiger partial charge on any atom is -0.370 e. The molecule has 3 N–H and O–H groups in total. The van der Waals surface area contributed by atoms with E-state index in [1.807, 2.05) is 6.07 Å². The van der Waals surface area contributed by atoms with Gasteiger partial charge in [0.1, 0.15) is 17.6 Å². The SMILES string of the molecule is N#Cc1cccc(NCCCS(N)(=O)=O)n1. The lowest BCUT2D eigenvalue weighted by Gasteiger charge is -2.04. The number of rotatable bonds is 5. The Hall–Kier alpha value is -1.65. The summed E-state index contributed by atoms with van der Waals surface area (Å²) in [4.78, 5) is 3.97. The second-order valence-electron chi connectivity index (χ2n) is 3.17. The van der Waals surface area contributed by atoms with Crippen LogP contribution in [0.5, 0.6) is 0 Å². The normalized spacial score (nSPS) is 10.8. The summed E-state index contributed by atoms with van der Waals surface area (Å²) in [6.07, 6.45) is 0.400. The van der Waals surface area contributed by atoms with Crippen molar-refractivity contribution in [3.8, 4) is 6.07 Å². The lowest BCUT2D eigenvalue weighted by atomic mass is 10.3. The summed E-state index contributed by atoms with van der Waals surface area (Å²) in [5.74, 6) is 0.478. The van der Waals surface area contributed by atoms with Gasteiger partial charge in [-0.15, -0.1) is 0 Å². The van der Waals surface area contributed by atoms with Gasteiger partial charge in [0.2, 0.25) is 10.0 Å². The lowest BCUT2D eigenvalue weighted by Crippen LogP contribution is -2.18. The Morgan fingerprint density at radius 1 is 1.50 bits per heavy atom. The summed E-state index contributed by atoms with van der Waals surface area (Å²) >= 11 is 0. The number of aromatic nitrogens is 1. The van der Waals surface area contributed by atoms with Crippen LogP contribution in [-0.2, 0) is 10.0 Å². The summed E-state index contributed by atoms with van der Waals surface area (Å²) in [6.45, 7) is 0.443. The van der Waals surface area contributed by atoms with Crippen molar-refractivity contribution in [1.82, 2.24) is 4.98 Å². The second-order valence-corrected chi connectivity index (χ2v) is 4.90. The maximum absolute atomic E-state index is 10.6. The van der Waals surface area contributed by atoms with Gasteiger partial charge in [0.15, 0.2) is 0 Å². The third-order valence-corrected chi connectivity index (χ3v) is 2.63. The minimum absolute atomic E-state index is 0.0715. The fraction of sp³-hybridized carbons (Fsp3) is 0.333. The van der Waals surface area contributed by atoms with E-state index in [1.54, 1.807) is 18.2 Å². The number of hydrogen-bond acceptors (Lipinski definition) is 5. The van der Waals surface area contributed by atoms with Crippen LogP contribution in [0.1, 0.15) is 12.1 Å². The predicted octanol–water partition coefficient (Wildman–Crippen LogP) is 0.0438. The molecule has 1 aromatic rings. The van der Waals surface area contributed by atoms with Crippen LogP contribution in [0.15, 0.2) is 18.2 Å². The largest absolute Gasteiger partial charge is 0.370 e. The first-order valence-corrected chi connectivity index (χ1v) is 6.34. The van der Waals surface area contributed by atoms with Crippen molar-refractivity contribution >= 4 is 15.8 Å². The molecule has 0 saturated carbocycles. The highest BCUT2D eigenvalue weighted by molar-refractivity contribution is 7.89. The zero-order valence-electron chi connectivity index (χ0n) is 8.55. The molecule has 86 valence electrons. The van der Waals surface area contributed by atoms with Crippen LogP contribution in [0.25, 0.3) is 0 Å². The van der Waals surface area contributed by atoms with Gasteiger partial charge < -0.3 is 5.32 Å². The van der Waals surface area contributed by atoms with E-state index in [-0.39, 0.29) is 5.75 Å². The molecule has 0 radical (unpaired) electrons. The number of hydrogen-bond donors (Lipinski definition) is 2. The van der Waals surface area contributed by atoms with E-state index in [2.05, 4.69) is 10.3 Å². The third kappa shape index (κ3) is 4.72. The van der Waals surface area contributed by atoms with Crippen LogP contribution in [0.4, 0.5) is 5.82 Å². The smallest absolute Gasteiger partial charge is 0.209 e. The minimum atomic E-state index is -3.40. The molecule has 0 aliphatic heterocycles. The molecule has 0 bridgehead atoms. The van der Waals surface area contributed by atoms with Gasteiger partial charge >= 0.3 is 0 Å². The van der Waals surface area contributed by atoms with Crippen molar-refractivity contribution in [1.29, 1.82) is 5.26 Å². The highest BCUT2D eigenvalue weighted by atomic mass is 32.2. The van der Waals surface area contributed by atoms with Crippen molar-refractivity contribution in [2.24, 2.45) is 5.14 Å². The van der Waals surface area contributed by atoms with E-state index >= 15 is 0 Å². The van der Waals surface area contributed by atoms with Gasteiger partial charge in [-0.05, 0) is 18.6 Å². The maximum atomic E-state index is 10.6. The summed E-state index contributed by atoms with van der Waals surface area (Å²) in [5, 5.41) is 16.4. The molecule has 1 aromatic heterocycles. The zero-order valence-corrected chi connectivity index (χ0v) is 9.37. The molecule has 0 atom stereocenters. The quantitative estimate of drug-likeness (QED) is 0.706. The number of anilines is 1. The summed E-state index contributed by atoms with van der Waals surface area (Å²) in [6, 6.07) is 6.92. The van der Waals surface area contributed by atoms with E-state index in [1.165, 1.54) is 0 Å². The molecule has 0 fully saturated rings. The predicted molar refractivity (Wildman–Crippen MR) is 60.0 cm³/mol. The monoisotopic (exact) mass is 240 g/mol. The maximum Gasteiger partial charge on any atom is 0.209 e. The molecule has 0 aromatic carbocycles. The Bertz CT molecular complexity index is 492. The Morgan fingerprint density at radius 2 is 2.25 bits per heavy atom. The standard InChI is InChI=1S/C9H12N4O2S/c10-7-8-3-1-4-9(13-8)12-5-2-6-16(11,14)15/h1,3-4H,2,5-6H2,(H,12,13)(H2,11,14,15). The van der Waals surface area contributed by atoms with Crippen LogP contribution >= 0.6 is 0 Å². The second kappa shape index (κ2) is 5.44. The number of pyridine rings is 1. The van der Waals surface area contributed by atoms with Gasteiger partial charge in [0.25, 0.3) is 0 Å². The highest BCUT2D eigenvalue weighted by Gasteiger charge is 2.01. The van der Waals surface area contributed by atoms with Crippen molar-refractivity contribution in [2.45, 2.75) is 6.42 Å². The molecule has 1 heterocycles. The number of sulfonamides is 1. The van der Waals surface area contributed by atoms with E-state index < -0.39 is 10.0 Å². The van der Waals surface area contributed by atoms with Gasteiger partial charge in [0, 0.05) is 6.54 Å². The first-order valence-electron chi connectivity index (χ1n) is 4.63. The Balaban J connectivity index is 2.41. The summed E-state index contributed by atoms with van der Waals surface area (Å²) < 4.78 is 21.3. The van der Waals surface area contributed by atoms with Gasteiger partial charge in [-0.3, -0.25) is 0 Å². The van der Waals surface area contributed by atoms with E-state index in [0.29, 0.717) is 24.5 Å². The Kier molecular flexibility index (Phi) is 4.22. The number of primary sulfonamides is 1. The topological polar surface area (TPSA) is 109 Å². The molecule has 0 spiro atoms. The highest BCUT2D eigenvalue weighted by Crippen LogP contribution is 2.03. The first-order chi connectivity index (χ1) is 7.51. The van der Waals surface area contributed by atoms with E-state index in [4.69, 9.17) is 10.4 Å². The fourth-order valence-corrected chi connectivity index (χ4v) is 1.63. The van der Waals surface area contributed by atoms with Gasteiger partial charge in [0.05, 0.1) is 5.75 Å². The third-order valence-electron chi connectivity index (χ3n) is 1.78. The average molecular weight is 240 g/mol. The van der Waals surface area contributed by atoms with Gasteiger partial charge in [-0.1, -0.05) is 6.07 Å². The number of nitrogens with one attached hydrogen (secondary N) is 1. The average Bonchev–Trinajstić information content (AvgIpc) is 2.23. The van der Waals surface area contributed by atoms with Crippen LogP contribution in [-0.4, -0.2) is 25.7 Å². The molecule has 16 heavy (non-hydrogen) atoms. The van der Waals surface area contributed by atoms with Crippen molar-refractivity contribution < 1.29 is 8.42 Å². The number of nitrogens with two attached hydrogens (primary N) is 1. The summed E-state index contributed by atoms with van der Waals surface area (Å²) in [5.41, 5.74) is 0.316. The Labute approximate surface area is 94.2 Å². The van der Waals surface area contributed by atoms with Crippen molar-refractivity contribution in [3.63, 3.8) is 0 Å². The number of nitriles is 1. The van der Waals surface area contributed by atoms with Crippen LogP contribution in [0, 0.1) is 11.3 Å². The molecular formula is C9H12N4O2S. The molecule has 0 saturated heterocycles. The molecule has 0 unspecified atom stereocenters. The zero-order chi connectivity index (χ0) is 12.0. The van der Waals surface area contributed by atoms with E-state index in [0.717, 1.165) is 0 Å². The van der Waals surface area contributed by atoms with E-state index in [9.17, 15) is 8.42 Å². The fourth-order valence-electron chi connectivity index (χ4n) is 1.09. The Morgan fingerprint density at radius 3 is 2.88 bits per heavy atom. The number of nitrogens with zero attached hydrogens (tertiary/aromatic N) is 2. The first kappa shape index (κ1) is 12.4. The van der Waals surface area contributed by atoms with Gasteiger partial charge in [-0.25, -0.2) is 18.5 Å². The van der Waals surface area contributed by atoms with Crippen LogP contribution in [0.2, 0.25) is 0 Å². The van der Waals surface area contributed by atoms with Gasteiger partial charge in [-0.2, -0.15) is 5.26 Å². The molecule has 7 heteroatoms. The molecule has 1 rings (SSSR count). The molecule has 6 nitrogen and oxygen atoms in total. The van der Waals surface area contributed by atoms with Crippen molar-refractivity contribution in [2.75, 3.05) is 17.6 Å². The lowest BCUT2D eigenvalue weighted by molar-refractivity contribution is 0.595. The molecule has 0 aliphatic carbocycles. The molecule has 0 aliphatic rings. The van der Waals surface area contributed by atoms with Crippen LogP contribution in [0.3, 0.4) is 0 Å². The summed E-state index contributed by atoms with van der Waals surface area (Å²) in [7, 11) is -3.40. The van der Waals surface area contributed by atoms with Crippen molar-refractivity contribution in [3.05, 3.63) is 23.9 Å². The molecule has 0 amide bonds.